The number of hydrogen-bond donors (Lipinski definition) is 2. The largest absolute Gasteiger partial charge is 0.481 e. The first-order chi connectivity index (χ1) is 7.41. The molecule has 0 amide bonds. The summed E-state index contributed by atoms with van der Waals surface area (Å²) < 4.78 is 0. The fourth-order valence-electron chi connectivity index (χ4n) is 1.44. The Balaban J connectivity index is 3.14. The Kier molecular flexibility index (Phi) is 3.90. The zero-order valence-corrected chi connectivity index (χ0v) is 9.36. The van der Waals surface area contributed by atoms with Crippen LogP contribution in [0.25, 0.3) is 0 Å². The average molecular weight is 243 g/mol. The number of rotatable bonds is 4. The molecule has 0 aliphatic rings. The highest BCUT2D eigenvalue weighted by atomic mass is 35.5. The highest BCUT2D eigenvalue weighted by Crippen LogP contribution is 2.28. The summed E-state index contributed by atoms with van der Waals surface area (Å²) in [6.45, 7) is 1.79. The van der Waals surface area contributed by atoms with Crippen molar-refractivity contribution in [3.05, 3.63) is 34.3 Å². The predicted molar refractivity (Wildman–Crippen MR) is 58.8 cm³/mol. The van der Waals surface area contributed by atoms with E-state index in [-0.39, 0.29) is 5.02 Å². The minimum Gasteiger partial charge on any atom is -0.481 e. The van der Waals surface area contributed by atoms with Crippen LogP contribution < -0.4 is 0 Å². The van der Waals surface area contributed by atoms with Crippen LogP contribution in [-0.2, 0) is 9.59 Å². The molecular weight excluding hydrogens is 232 g/mol. The van der Waals surface area contributed by atoms with Gasteiger partial charge in [0, 0.05) is 5.02 Å². The fourth-order valence-corrected chi connectivity index (χ4v) is 1.68. The summed E-state index contributed by atoms with van der Waals surface area (Å²) in [5.74, 6) is -3.45. The van der Waals surface area contributed by atoms with E-state index in [1.165, 1.54) is 0 Å². The van der Waals surface area contributed by atoms with Gasteiger partial charge >= 0.3 is 11.9 Å². The van der Waals surface area contributed by atoms with Crippen LogP contribution >= 0.6 is 11.6 Å². The Morgan fingerprint density at radius 1 is 1.38 bits per heavy atom. The van der Waals surface area contributed by atoms with Crippen molar-refractivity contribution in [1.29, 1.82) is 0 Å². The summed E-state index contributed by atoms with van der Waals surface area (Å²) in [5, 5.41) is 17.9. The molecule has 1 atom stereocenters. The van der Waals surface area contributed by atoms with Gasteiger partial charge in [0.25, 0.3) is 0 Å². The summed E-state index contributed by atoms with van der Waals surface area (Å²) in [4.78, 5) is 21.6. The number of aryl methyl sites for hydroxylation is 1. The molecule has 0 aliphatic carbocycles. The van der Waals surface area contributed by atoms with Crippen molar-refractivity contribution in [2.75, 3.05) is 0 Å². The van der Waals surface area contributed by atoms with E-state index >= 15 is 0 Å². The number of hydrogen-bond acceptors (Lipinski definition) is 2. The fraction of sp³-hybridized carbons (Fsp3) is 0.273. The van der Waals surface area contributed by atoms with E-state index in [0.717, 1.165) is 5.56 Å². The predicted octanol–water partition coefficient (Wildman–Crippen LogP) is 2.29. The molecule has 0 aromatic heterocycles. The molecular formula is C11H11ClO4. The molecule has 1 unspecified atom stereocenters. The monoisotopic (exact) mass is 242 g/mol. The molecule has 0 spiro atoms. The van der Waals surface area contributed by atoms with Crippen LogP contribution in [0.5, 0.6) is 0 Å². The third-order valence-electron chi connectivity index (χ3n) is 2.20. The SMILES string of the molecule is Cc1ccc(Cl)c(C(CC(=O)O)C(=O)O)c1. The number of carboxylic acid groups (broad SMARTS) is 2. The number of carboxylic acids is 2. The molecule has 86 valence electrons. The third-order valence-corrected chi connectivity index (χ3v) is 2.55. The lowest BCUT2D eigenvalue weighted by Crippen LogP contribution is -2.16. The Morgan fingerprint density at radius 3 is 2.50 bits per heavy atom. The molecule has 0 radical (unpaired) electrons. The molecule has 16 heavy (non-hydrogen) atoms. The van der Waals surface area contributed by atoms with E-state index in [2.05, 4.69) is 0 Å². The molecule has 0 aliphatic heterocycles. The standard InChI is InChI=1S/C11H11ClO4/c1-6-2-3-9(12)7(4-6)8(11(15)16)5-10(13)14/h2-4,8H,5H2,1H3,(H,13,14)(H,15,16). The molecule has 0 saturated carbocycles. The Morgan fingerprint density at radius 2 is 2.00 bits per heavy atom. The van der Waals surface area contributed by atoms with E-state index in [1.54, 1.807) is 25.1 Å². The van der Waals surface area contributed by atoms with Gasteiger partial charge in [-0.1, -0.05) is 29.3 Å². The second kappa shape index (κ2) is 4.99. The van der Waals surface area contributed by atoms with Gasteiger partial charge in [-0.2, -0.15) is 0 Å². The maximum absolute atomic E-state index is 11.0. The quantitative estimate of drug-likeness (QED) is 0.850. The summed E-state index contributed by atoms with van der Waals surface area (Å²) in [6, 6.07) is 4.92. The topological polar surface area (TPSA) is 74.6 Å². The molecule has 2 N–H and O–H groups in total. The van der Waals surface area contributed by atoms with Crippen LogP contribution in [0.2, 0.25) is 5.02 Å². The van der Waals surface area contributed by atoms with E-state index in [9.17, 15) is 9.59 Å². The summed E-state index contributed by atoms with van der Waals surface area (Å²) in [6.07, 6.45) is -0.474. The van der Waals surface area contributed by atoms with Crippen molar-refractivity contribution in [3.8, 4) is 0 Å². The molecule has 1 aromatic rings. The summed E-state index contributed by atoms with van der Waals surface area (Å²) in [5.41, 5.74) is 1.19. The zero-order chi connectivity index (χ0) is 12.3. The van der Waals surface area contributed by atoms with Crippen LogP contribution in [0.1, 0.15) is 23.5 Å². The van der Waals surface area contributed by atoms with Crippen molar-refractivity contribution < 1.29 is 19.8 Å². The smallest absolute Gasteiger partial charge is 0.311 e. The molecule has 0 bridgehead atoms. The molecule has 1 rings (SSSR count). The first-order valence-corrected chi connectivity index (χ1v) is 5.00. The van der Waals surface area contributed by atoms with Crippen LogP contribution in [0.3, 0.4) is 0 Å². The number of carbonyl (C=O) groups is 2. The highest BCUT2D eigenvalue weighted by Gasteiger charge is 2.25. The Labute approximate surface area is 97.5 Å². The molecule has 0 fully saturated rings. The van der Waals surface area contributed by atoms with E-state index in [0.29, 0.717) is 5.56 Å². The normalized spacial score (nSPS) is 12.1. The molecule has 0 saturated heterocycles. The van der Waals surface area contributed by atoms with Gasteiger partial charge in [0.1, 0.15) is 0 Å². The second-order valence-electron chi connectivity index (χ2n) is 3.51. The van der Waals surface area contributed by atoms with Crippen molar-refractivity contribution in [1.82, 2.24) is 0 Å². The molecule has 5 heteroatoms. The van der Waals surface area contributed by atoms with Gasteiger partial charge in [-0.05, 0) is 18.6 Å². The summed E-state index contributed by atoms with van der Waals surface area (Å²) in [7, 11) is 0. The minimum absolute atomic E-state index is 0.277. The first-order valence-electron chi connectivity index (χ1n) is 4.62. The van der Waals surface area contributed by atoms with Crippen molar-refractivity contribution >= 4 is 23.5 Å². The van der Waals surface area contributed by atoms with Gasteiger partial charge in [-0.25, -0.2) is 0 Å². The minimum atomic E-state index is -1.19. The van der Waals surface area contributed by atoms with Gasteiger partial charge in [0.2, 0.25) is 0 Å². The lowest BCUT2D eigenvalue weighted by molar-refractivity contribution is -0.145. The van der Waals surface area contributed by atoms with Crippen LogP contribution in [0.15, 0.2) is 18.2 Å². The second-order valence-corrected chi connectivity index (χ2v) is 3.92. The van der Waals surface area contributed by atoms with Gasteiger partial charge in [0.15, 0.2) is 0 Å². The summed E-state index contributed by atoms with van der Waals surface area (Å²) >= 11 is 5.86. The average Bonchev–Trinajstić information content (AvgIpc) is 2.18. The van der Waals surface area contributed by atoms with Gasteiger partial charge in [-0.15, -0.1) is 0 Å². The zero-order valence-electron chi connectivity index (χ0n) is 8.61. The van der Waals surface area contributed by atoms with Crippen molar-refractivity contribution in [2.24, 2.45) is 0 Å². The maximum Gasteiger partial charge on any atom is 0.311 e. The lowest BCUT2D eigenvalue weighted by atomic mass is 9.94. The van der Waals surface area contributed by atoms with E-state index < -0.39 is 24.3 Å². The van der Waals surface area contributed by atoms with E-state index in [1.807, 2.05) is 0 Å². The van der Waals surface area contributed by atoms with Gasteiger partial charge < -0.3 is 10.2 Å². The van der Waals surface area contributed by atoms with E-state index in [4.69, 9.17) is 21.8 Å². The maximum atomic E-state index is 11.0. The van der Waals surface area contributed by atoms with Crippen molar-refractivity contribution in [3.63, 3.8) is 0 Å². The van der Waals surface area contributed by atoms with Gasteiger partial charge in [0.05, 0.1) is 12.3 Å². The highest BCUT2D eigenvalue weighted by molar-refractivity contribution is 6.31. The number of benzene rings is 1. The molecule has 0 heterocycles. The third kappa shape index (κ3) is 2.97. The first kappa shape index (κ1) is 12.5. The van der Waals surface area contributed by atoms with Gasteiger partial charge in [-0.3, -0.25) is 9.59 Å². The van der Waals surface area contributed by atoms with Crippen molar-refractivity contribution in [2.45, 2.75) is 19.3 Å². The van der Waals surface area contributed by atoms with Crippen LogP contribution in [0, 0.1) is 6.92 Å². The Bertz CT molecular complexity index is 428. The Hall–Kier alpha value is -1.55. The van der Waals surface area contributed by atoms with Crippen LogP contribution in [0.4, 0.5) is 0 Å². The number of aliphatic carboxylic acids is 2. The van der Waals surface area contributed by atoms with Crippen LogP contribution in [-0.4, -0.2) is 22.2 Å². The number of halogens is 1. The molecule has 1 aromatic carbocycles. The molecule has 4 nitrogen and oxygen atoms in total. The lowest BCUT2D eigenvalue weighted by Gasteiger charge is -2.12.